The molecule has 1 amide bonds. The SMILES string of the molecule is CC(C)(C)c1ccc(S(=O)(=O)NCCN2CC(C(=O)O)CC2=O)cc1. The predicted octanol–water partition coefficient (Wildman–Crippen LogP) is 1.20. The summed E-state index contributed by atoms with van der Waals surface area (Å²) < 4.78 is 27.1. The monoisotopic (exact) mass is 368 g/mol. The van der Waals surface area contributed by atoms with Gasteiger partial charge in [-0.1, -0.05) is 32.9 Å². The average molecular weight is 368 g/mol. The van der Waals surface area contributed by atoms with Crippen LogP contribution < -0.4 is 4.72 Å². The van der Waals surface area contributed by atoms with Crippen molar-refractivity contribution in [2.45, 2.75) is 37.5 Å². The van der Waals surface area contributed by atoms with Gasteiger partial charge < -0.3 is 10.0 Å². The first-order chi connectivity index (χ1) is 11.5. The van der Waals surface area contributed by atoms with Crippen molar-refractivity contribution in [3.8, 4) is 0 Å². The Morgan fingerprint density at radius 1 is 1.28 bits per heavy atom. The molecule has 1 saturated heterocycles. The Hall–Kier alpha value is -1.93. The molecule has 1 heterocycles. The summed E-state index contributed by atoms with van der Waals surface area (Å²) in [5.74, 6) is -1.98. The fourth-order valence-electron chi connectivity index (χ4n) is 2.69. The lowest BCUT2D eigenvalue weighted by Crippen LogP contribution is -2.36. The topological polar surface area (TPSA) is 104 Å². The molecule has 0 spiro atoms. The van der Waals surface area contributed by atoms with E-state index in [0.717, 1.165) is 5.56 Å². The molecule has 0 bridgehead atoms. The summed E-state index contributed by atoms with van der Waals surface area (Å²) in [5, 5.41) is 8.94. The van der Waals surface area contributed by atoms with Crippen molar-refractivity contribution >= 4 is 21.9 Å². The van der Waals surface area contributed by atoms with Gasteiger partial charge in [-0.25, -0.2) is 13.1 Å². The predicted molar refractivity (Wildman–Crippen MR) is 92.7 cm³/mol. The summed E-state index contributed by atoms with van der Waals surface area (Å²) in [6.45, 7) is 6.46. The molecule has 1 aromatic carbocycles. The van der Waals surface area contributed by atoms with E-state index in [-0.39, 0.29) is 42.3 Å². The van der Waals surface area contributed by atoms with Crippen molar-refractivity contribution in [1.29, 1.82) is 0 Å². The second-order valence-electron chi connectivity index (χ2n) is 7.25. The Labute approximate surface area is 148 Å². The van der Waals surface area contributed by atoms with E-state index < -0.39 is 21.9 Å². The maximum absolute atomic E-state index is 12.3. The van der Waals surface area contributed by atoms with Crippen molar-refractivity contribution in [2.24, 2.45) is 5.92 Å². The molecule has 1 fully saturated rings. The third-order valence-electron chi connectivity index (χ3n) is 4.27. The maximum atomic E-state index is 12.3. The molecule has 0 aromatic heterocycles. The number of carboxylic acid groups (broad SMARTS) is 1. The minimum absolute atomic E-state index is 0.0314. The lowest BCUT2D eigenvalue weighted by molar-refractivity contribution is -0.141. The number of rotatable bonds is 6. The van der Waals surface area contributed by atoms with Crippen LogP contribution in [0.5, 0.6) is 0 Å². The van der Waals surface area contributed by atoms with Gasteiger partial charge in [-0.15, -0.1) is 0 Å². The Bertz CT molecular complexity index is 750. The van der Waals surface area contributed by atoms with Gasteiger partial charge in [0, 0.05) is 26.1 Å². The summed E-state index contributed by atoms with van der Waals surface area (Å²) in [4.78, 5) is 24.2. The van der Waals surface area contributed by atoms with E-state index in [2.05, 4.69) is 4.72 Å². The van der Waals surface area contributed by atoms with Crippen LogP contribution in [-0.2, 0) is 25.0 Å². The summed E-state index contributed by atoms with van der Waals surface area (Å²) in [6.07, 6.45) is -0.0314. The lowest BCUT2D eigenvalue weighted by Gasteiger charge is -2.19. The van der Waals surface area contributed by atoms with Gasteiger partial charge in [0.05, 0.1) is 10.8 Å². The molecule has 2 rings (SSSR count). The van der Waals surface area contributed by atoms with Crippen LogP contribution in [-0.4, -0.2) is 49.9 Å². The number of hydrogen-bond donors (Lipinski definition) is 2. The molecule has 1 aromatic rings. The zero-order valence-electron chi connectivity index (χ0n) is 14.7. The van der Waals surface area contributed by atoms with Gasteiger partial charge in [0.2, 0.25) is 15.9 Å². The fraction of sp³-hybridized carbons (Fsp3) is 0.529. The summed E-state index contributed by atoms with van der Waals surface area (Å²) >= 11 is 0. The molecule has 2 N–H and O–H groups in total. The number of carboxylic acids is 1. The number of aliphatic carboxylic acids is 1. The van der Waals surface area contributed by atoms with Gasteiger partial charge in [0.1, 0.15) is 0 Å². The van der Waals surface area contributed by atoms with Gasteiger partial charge in [0.25, 0.3) is 0 Å². The van der Waals surface area contributed by atoms with Crippen molar-refractivity contribution in [1.82, 2.24) is 9.62 Å². The van der Waals surface area contributed by atoms with Crippen molar-refractivity contribution in [3.63, 3.8) is 0 Å². The van der Waals surface area contributed by atoms with E-state index in [9.17, 15) is 18.0 Å². The van der Waals surface area contributed by atoms with Gasteiger partial charge >= 0.3 is 5.97 Å². The molecule has 0 radical (unpaired) electrons. The molecule has 0 saturated carbocycles. The maximum Gasteiger partial charge on any atom is 0.308 e. The third-order valence-corrected chi connectivity index (χ3v) is 5.75. The number of amides is 1. The summed E-state index contributed by atoms with van der Waals surface area (Å²) in [5.41, 5.74) is 0.973. The van der Waals surface area contributed by atoms with E-state index in [1.165, 1.54) is 4.90 Å². The molecular formula is C17H24N2O5S. The molecule has 1 unspecified atom stereocenters. The molecule has 1 atom stereocenters. The smallest absolute Gasteiger partial charge is 0.308 e. The molecule has 7 nitrogen and oxygen atoms in total. The molecule has 8 heteroatoms. The summed E-state index contributed by atoms with van der Waals surface area (Å²) in [7, 11) is -3.67. The number of likely N-dealkylation sites (tertiary alicyclic amines) is 1. The second kappa shape index (κ2) is 7.13. The number of sulfonamides is 1. The van der Waals surface area contributed by atoms with Crippen LogP contribution in [0, 0.1) is 5.92 Å². The first kappa shape index (κ1) is 19.4. The van der Waals surface area contributed by atoms with Crippen LogP contribution in [0.2, 0.25) is 0 Å². The lowest BCUT2D eigenvalue weighted by atomic mass is 9.87. The number of nitrogens with one attached hydrogen (secondary N) is 1. The third kappa shape index (κ3) is 4.79. The minimum Gasteiger partial charge on any atom is -0.481 e. The average Bonchev–Trinajstić information content (AvgIpc) is 2.88. The standard InChI is InChI=1S/C17H24N2O5S/c1-17(2,3)13-4-6-14(7-5-13)25(23,24)18-8-9-19-11-12(16(21)22)10-15(19)20/h4-7,12,18H,8-11H2,1-3H3,(H,21,22). The first-order valence-electron chi connectivity index (χ1n) is 8.11. The Balaban J connectivity index is 1.94. The van der Waals surface area contributed by atoms with E-state index in [1.54, 1.807) is 24.3 Å². The molecule has 25 heavy (non-hydrogen) atoms. The van der Waals surface area contributed by atoms with Gasteiger partial charge in [-0.2, -0.15) is 0 Å². The molecular weight excluding hydrogens is 344 g/mol. The first-order valence-corrected chi connectivity index (χ1v) is 9.60. The minimum atomic E-state index is -3.67. The Kier molecular flexibility index (Phi) is 5.53. The number of carbonyl (C=O) groups excluding carboxylic acids is 1. The van der Waals surface area contributed by atoms with Crippen molar-refractivity contribution < 1.29 is 23.1 Å². The Morgan fingerprint density at radius 3 is 2.36 bits per heavy atom. The number of hydrogen-bond acceptors (Lipinski definition) is 4. The molecule has 138 valence electrons. The van der Waals surface area contributed by atoms with Crippen LogP contribution in [0.25, 0.3) is 0 Å². The number of carbonyl (C=O) groups is 2. The molecule has 1 aliphatic rings. The molecule has 1 aliphatic heterocycles. The van der Waals surface area contributed by atoms with E-state index in [0.29, 0.717) is 0 Å². The van der Waals surface area contributed by atoms with Crippen molar-refractivity contribution in [2.75, 3.05) is 19.6 Å². The zero-order valence-corrected chi connectivity index (χ0v) is 15.5. The summed E-state index contributed by atoms with van der Waals surface area (Å²) in [6, 6.07) is 6.70. The van der Waals surface area contributed by atoms with Crippen LogP contribution >= 0.6 is 0 Å². The van der Waals surface area contributed by atoms with Crippen LogP contribution in [0.3, 0.4) is 0 Å². The zero-order chi connectivity index (χ0) is 18.8. The normalized spacial score (nSPS) is 18.6. The fourth-order valence-corrected chi connectivity index (χ4v) is 3.71. The molecule has 0 aliphatic carbocycles. The van der Waals surface area contributed by atoms with Gasteiger partial charge in [-0.05, 0) is 23.1 Å². The van der Waals surface area contributed by atoms with E-state index in [1.807, 2.05) is 20.8 Å². The highest BCUT2D eigenvalue weighted by atomic mass is 32.2. The van der Waals surface area contributed by atoms with Crippen LogP contribution in [0.4, 0.5) is 0 Å². The van der Waals surface area contributed by atoms with Gasteiger partial charge in [0.15, 0.2) is 0 Å². The van der Waals surface area contributed by atoms with Crippen LogP contribution in [0.1, 0.15) is 32.8 Å². The highest BCUT2D eigenvalue weighted by molar-refractivity contribution is 7.89. The van der Waals surface area contributed by atoms with E-state index in [4.69, 9.17) is 5.11 Å². The van der Waals surface area contributed by atoms with Gasteiger partial charge in [-0.3, -0.25) is 9.59 Å². The Morgan fingerprint density at radius 2 is 1.88 bits per heavy atom. The second-order valence-corrected chi connectivity index (χ2v) is 9.02. The number of benzene rings is 1. The van der Waals surface area contributed by atoms with Crippen LogP contribution in [0.15, 0.2) is 29.2 Å². The van der Waals surface area contributed by atoms with Crippen molar-refractivity contribution in [3.05, 3.63) is 29.8 Å². The van der Waals surface area contributed by atoms with E-state index >= 15 is 0 Å². The largest absolute Gasteiger partial charge is 0.481 e. The highest BCUT2D eigenvalue weighted by Gasteiger charge is 2.34. The highest BCUT2D eigenvalue weighted by Crippen LogP contribution is 2.23. The number of nitrogens with zero attached hydrogens (tertiary/aromatic N) is 1. The quantitative estimate of drug-likeness (QED) is 0.785.